The van der Waals surface area contributed by atoms with Crippen LogP contribution in [-0.4, -0.2) is 0 Å². The Kier molecular flexibility index (Phi) is 9.79. The van der Waals surface area contributed by atoms with Gasteiger partial charge in [-0.25, -0.2) is 0 Å². The van der Waals surface area contributed by atoms with Crippen molar-refractivity contribution in [3.05, 3.63) is 242 Å². The lowest BCUT2D eigenvalue weighted by Crippen LogP contribution is -2.09. The Morgan fingerprint density at radius 1 is 0.304 bits per heavy atom. The number of benzene rings is 9. The molecule has 0 unspecified atom stereocenters. The predicted molar refractivity (Wildman–Crippen MR) is 234 cm³/mol. The highest BCUT2D eigenvalue weighted by molar-refractivity contribution is 6.02. The molecule has 0 aliphatic rings. The molecule has 0 radical (unpaired) electrons. The van der Waals surface area contributed by atoms with E-state index in [4.69, 9.17) is 10.2 Å². The summed E-state index contributed by atoms with van der Waals surface area (Å²) < 4.78 is 0. The molecule has 0 saturated carbocycles. The highest BCUT2D eigenvalue weighted by Crippen LogP contribution is 2.40. The van der Waals surface area contributed by atoms with Gasteiger partial charge in [-0.3, -0.25) is 0 Å². The largest absolute Gasteiger partial charge is 0.311 e. The predicted octanol–water partition coefficient (Wildman–Crippen LogP) is 15.2. The number of anilines is 3. The summed E-state index contributed by atoms with van der Waals surface area (Å²) in [5.74, 6) is 0. The van der Waals surface area contributed by atoms with Crippen LogP contribution in [0.15, 0.2) is 241 Å². The molecule has 0 aliphatic carbocycles. The summed E-state index contributed by atoms with van der Waals surface area (Å²) >= 11 is 0. The van der Waals surface area contributed by atoms with E-state index in [-0.39, 0.29) is 6.04 Å². The second-order valence-corrected chi connectivity index (χ2v) is 13.8. The maximum absolute atomic E-state index is 4.94. The van der Waals surface area contributed by atoms with E-state index >= 15 is 0 Å². The molecular weight excluding hydrogens is 679 g/mol. The minimum Gasteiger partial charge on any atom is -0.311 e. The van der Waals surface area contributed by atoms with E-state index in [1.165, 1.54) is 22.3 Å². The van der Waals surface area contributed by atoms with Gasteiger partial charge in [-0.2, -0.15) is 10.2 Å². The molecule has 3 nitrogen and oxygen atoms in total. The zero-order chi connectivity index (χ0) is 37.5. The maximum Gasteiger partial charge on any atom is 0.121 e. The summed E-state index contributed by atoms with van der Waals surface area (Å²) in [6.45, 7) is 0. The molecule has 266 valence electrons. The first kappa shape index (κ1) is 34.4. The van der Waals surface area contributed by atoms with Crippen molar-refractivity contribution in [1.29, 1.82) is 0 Å². The van der Waals surface area contributed by atoms with Gasteiger partial charge in [-0.05, 0) is 92.4 Å². The molecule has 56 heavy (non-hydrogen) atoms. The average molecular weight is 718 g/mol. The summed E-state index contributed by atoms with van der Waals surface area (Å²) in [5, 5.41) is 12.0. The zero-order valence-electron chi connectivity index (χ0n) is 30.9. The van der Waals surface area contributed by atoms with Gasteiger partial charge in [0.1, 0.15) is 6.04 Å². The molecule has 0 amide bonds. The van der Waals surface area contributed by atoms with E-state index in [2.05, 4.69) is 223 Å². The van der Waals surface area contributed by atoms with Crippen LogP contribution >= 0.6 is 0 Å². The molecular formula is C53H39N3. The van der Waals surface area contributed by atoms with E-state index in [1.54, 1.807) is 0 Å². The molecule has 0 aromatic heterocycles. The highest BCUT2D eigenvalue weighted by Gasteiger charge is 2.16. The molecule has 0 saturated heterocycles. The number of fused-ring (bicyclic) bond motifs is 1. The molecule has 0 atom stereocenters. The van der Waals surface area contributed by atoms with Gasteiger partial charge < -0.3 is 4.90 Å². The Labute approximate surface area is 328 Å². The smallest absolute Gasteiger partial charge is 0.121 e. The lowest BCUT2D eigenvalue weighted by Gasteiger charge is -2.26. The van der Waals surface area contributed by atoms with Gasteiger partial charge in [0.05, 0.1) is 5.69 Å². The molecule has 0 bridgehead atoms. The van der Waals surface area contributed by atoms with Gasteiger partial charge in [0.25, 0.3) is 0 Å². The van der Waals surface area contributed by atoms with Crippen molar-refractivity contribution >= 4 is 33.5 Å². The Morgan fingerprint density at radius 2 is 0.696 bits per heavy atom. The van der Waals surface area contributed by atoms with Crippen LogP contribution in [0, 0.1) is 0 Å². The molecule has 9 aromatic rings. The van der Waals surface area contributed by atoms with Crippen molar-refractivity contribution < 1.29 is 0 Å². The highest BCUT2D eigenvalue weighted by atomic mass is 15.1. The summed E-state index contributed by atoms with van der Waals surface area (Å²) in [6.07, 6.45) is 0. The molecule has 9 aromatic carbocycles. The van der Waals surface area contributed by atoms with E-state index in [9.17, 15) is 0 Å². The lowest BCUT2D eigenvalue weighted by molar-refractivity contribution is 0.810. The molecule has 9 rings (SSSR count). The molecule has 0 aliphatic heterocycles. The standard InChI is InChI=1S/C53H39N3/c1-5-15-39(16-6-1)41-27-33-46(34-28-41)56(47-35-29-42(30-36-47)40-17-7-2-8-18-40)48-37-31-43(32-38-48)49-23-13-25-51-50(49)24-14-26-52(51)54-55-53(44-19-9-3-10-20-44)45-21-11-4-12-22-45/h1-38,53H. The van der Waals surface area contributed by atoms with Crippen LogP contribution in [0.1, 0.15) is 17.2 Å². The first-order chi connectivity index (χ1) is 27.8. The molecule has 0 heterocycles. The fourth-order valence-corrected chi connectivity index (χ4v) is 7.45. The van der Waals surface area contributed by atoms with E-state index in [1.807, 2.05) is 12.1 Å². The van der Waals surface area contributed by atoms with Crippen LogP contribution in [0.2, 0.25) is 0 Å². The number of rotatable bonds is 10. The van der Waals surface area contributed by atoms with Gasteiger partial charge in [0.2, 0.25) is 0 Å². The minimum atomic E-state index is -0.199. The Bertz CT molecular complexity index is 2570. The van der Waals surface area contributed by atoms with Crippen LogP contribution in [0.4, 0.5) is 22.7 Å². The van der Waals surface area contributed by atoms with E-state index in [0.717, 1.165) is 55.8 Å². The van der Waals surface area contributed by atoms with Crippen molar-refractivity contribution in [2.45, 2.75) is 6.04 Å². The van der Waals surface area contributed by atoms with E-state index < -0.39 is 0 Å². The molecule has 0 spiro atoms. The third kappa shape index (κ3) is 7.26. The van der Waals surface area contributed by atoms with Crippen LogP contribution in [-0.2, 0) is 0 Å². The van der Waals surface area contributed by atoms with Crippen LogP contribution in [0.5, 0.6) is 0 Å². The fraction of sp³-hybridized carbons (Fsp3) is 0.0189. The first-order valence-electron chi connectivity index (χ1n) is 19.0. The number of azo groups is 1. The van der Waals surface area contributed by atoms with Crippen LogP contribution in [0.25, 0.3) is 44.2 Å². The maximum atomic E-state index is 4.94. The van der Waals surface area contributed by atoms with Crippen molar-refractivity contribution in [3.8, 4) is 33.4 Å². The summed E-state index contributed by atoms with van der Waals surface area (Å²) in [4.78, 5) is 2.32. The summed E-state index contributed by atoms with van der Waals surface area (Å²) in [5.41, 5.74) is 13.4. The number of nitrogens with zero attached hydrogens (tertiary/aromatic N) is 3. The normalized spacial score (nSPS) is 11.3. The van der Waals surface area contributed by atoms with Crippen molar-refractivity contribution in [2.24, 2.45) is 10.2 Å². The quantitative estimate of drug-likeness (QED) is 0.129. The zero-order valence-corrected chi connectivity index (χ0v) is 30.9. The SMILES string of the molecule is c1ccc(-c2ccc(N(c3ccc(-c4ccccc4)cc3)c3ccc(-c4cccc5c(N=NC(c6ccccc6)c6ccccc6)cccc45)cc3)cc2)cc1. The molecule has 3 heteroatoms. The first-order valence-corrected chi connectivity index (χ1v) is 19.0. The van der Waals surface area contributed by atoms with Gasteiger partial charge in [-0.15, -0.1) is 0 Å². The van der Waals surface area contributed by atoms with Gasteiger partial charge in [-0.1, -0.05) is 188 Å². The minimum absolute atomic E-state index is 0.199. The Balaban J connectivity index is 1.06. The number of hydrogen-bond acceptors (Lipinski definition) is 3. The Hall–Kier alpha value is -7.36. The fourth-order valence-electron chi connectivity index (χ4n) is 7.45. The van der Waals surface area contributed by atoms with E-state index in [0.29, 0.717) is 0 Å². The monoisotopic (exact) mass is 717 g/mol. The summed E-state index contributed by atoms with van der Waals surface area (Å²) in [7, 11) is 0. The van der Waals surface area contributed by atoms with Gasteiger partial charge in [0, 0.05) is 22.4 Å². The Morgan fingerprint density at radius 3 is 1.18 bits per heavy atom. The second kappa shape index (κ2) is 15.9. The van der Waals surface area contributed by atoms with Gasteiger partial charge in [0.15, 0.2) is 0 Å². The third-order valence-electron chi connectivity index (χ3n) is 10.3. The third-order valence-corrected chi connectivity index (χ3v) is 10.3. The van der Waals surface area contributed by atoms with Crippen LogP contribution in [0.3, 0.4) is 0 Å². The second-order valence-electron chi connectivity index (χ2n) is 13.8. The average Bonchev–Trinajstić information content (AvgIpc) is 3.28. The van der Waals surface area contributed by atoms with Crippen molar-refractivity contribution in [3.63, 3.8) is 0 Å². The molecule has 0 fully saturated rings. The number of hydrogen-bond donors (Lipinski definition) is 0. The van der Waals surface area contributed by atoms with Crippen molar-refractivity contribution in [2.75, 3.05) is 4.90 Å². The summed E-state index contributed by atoms with van der Waals surface area (Å²) in [6, 6.07) is 80.9. The van der Waals surface area contributed by atoms with Crippen LogP contribution < -0.4 is 4.90 Å². The lowest BCUT2D eigenvalue weighted by atomic mass is 9.97. The topological polar surface area (TPSA) is 28.0 Å². The molecule has 0 N–H and O–H groups in total. The van der Waals surface area contributed by atoms with Crippen molar-refractivity contribution in [1.82, 2.24) is 0 Å². The van der Waals surface area contributed by atoms with Gasteiger partial charge >= 0.3 is 0 Å².